The molecular formula is C12H12ClFO4. The molecule has 0 saturated heterocycles. The highest BCUT2D eigenvalue weighted by Crippen LogP contribution is 2.40. The molecule has 0 spiro atoms. The van der Waals surface area contributed by atoms with Gasteiger partial charge in [-0.25, -0.2) is 4.39 Å². The van der Waals surface area contributed by atoms with Gasteiger partial charge in [-0.15, -0.1) is 0 Å². The van der Waals surface area contributed by atoms with Crippen LogP contribution in [0.25, 0.3) is 0 Å². The van der Waals surface area contributed by atoms with Crippen molar-refractivity contribution in [2.24, 2.45) is 0 Å². The molecule has 0 aliphatic carbocycles. The minimum Gasteiger partial charge on any atom is -0.489 e. The molecule has 0 amide bonds. The van der Waals surface area contributed by atoms with Crippen LogP contribution in [0.1, 0.15) is 18.4 Å². The molecule has 1 aromatic carbocycles. The van der Waals surface area contributed by atoms with Crippen LogP contribution < -0.4 is 9.47 Å². The van der Waals surface area contributed by atoms with E-state index >= 15 is 0 Å². The first-order valence-corrected chi connectivity index (χ1v) is 5.95. The Morgan fingerprint density at radius 1 is 1.44 bits per heavy atom. The molecule has 0 unspecified atom stereocenters. The first-order valence-electron chi connectivity index (χ1n) is 5.58. The van der Waals surface area contributed by atoms with Crippen LogP contribution in [-0.4, -0.2) is 24.3 Å². The third-order valence-electron chi connectivity index (χ3n) is 2.60. The largest absolute Gasteiger partial charge is 0.489 e. The van der Waals surface area contributed by atoms with E-state index in [0.717, 1.165) is 0 Å². The van der Waals surface area contributed by atoms with Crippen LogP contribution >= 0.6 is 11.6 Å². The number of ether oxygens (including phenoxy) is 2. The monoisotopic (exact) mass is 274 g/mol. The molecule has 1 heterocycles. The first-order chi connectivity index (χ1) is 8.59. The third kappa shape index (κ3) is 2.67. The Bertz CT molecular complexity index is 476. The maximum absolute atomic E-state index is 13.9. The summed E-state index contributed by atoms with van der Waals surface area (Å²) in [5.41, 5.74) is 0.228. The molecule has 1 N–H and O–H groups in total. The van der Waals surface area contributed by atoms with Crippen LogP contribution in [0.15, 0.2) is 6.07 Å². The van der Waals surface area contributed by atoms with Crippen LogP contribution in [0.5, 0.6) is 11.5 Å². The predicted octanol–water partition coefficient (Wildman–Crippen LogP) is 2.66. The zero-order chi connectivity index (χ0) is 13.1. The molecule has 1 aliphatic heterocycles. The summed E-state index contributed by atoms with van der Waals surface area (Å²) in [6.45, 7) is 0.883. The lowest BCUT2D eigenvalue weighted by Crippen LogP contribution is -2.02. The van der Waals surface area contributed by atoms with Crippen molar-refractivity contribution in [3.05, 3.63) is 22.5 Å². The van der Waals surface area contributed by atoms with Crippen molar-refractivity contribution in [2.45, 2.75) is 19.3 Å². The molecule has 0 bridgehead atoms. The Hall–Kier alpha value is -1.49. The fourth-order valence-corrected chi connectivity index (χ4v) is 1.99. The molecule has 0 atom stereocenters. The summed E-state index contributed by atoms with van der Waals surface area (Å²) in [5.74, 6) is -1.05. The minimum absolute atomic E-state index is 0.0670. The van der Waals surface area contributed by atoms with Crippen LogP contribution in [0.2, 0.25) is 5.02 Å². The molecule has 1 aromatic rings. The number of carbonyl (C=O) groups is 1. The standard InChI is InChI=1S/C12H12ClFO4/c13-10-11(14)7(2-3-9(15)16)6-8-12(10)18-5-1-4-17-8/h6H,1-5H2,(H,15,16). The highest BCUT2D eigenvalue weighted by molar-refractivity contribution is 6.32. The highest BCUT2D eigenvalue weighted by Gasteiger charge is 2.21. The van der Waals surface area contributed by atoms with Crippen LogP contribution in [0, 0.1) is 5.82 Å². The molecule has 0 fully saturated rings. The summed E-state index contributed by atoms with van der Waals surface area (Å²) in [6.07, 6.45) is 0.599. The second-order valence-electron chi connectivity index (χ2n) is 3.94. The molecule has 4 nitrogen and oxygen atoms in total. The Labute approximate surface area is 108 Å². The molecule has 1 aliphatic rings. The van der Waals surface area contributed by atoms with Crippen molar-refractivity contribution in [1.82, 2.24) is 0 Å². The Morgan fingerprint density at radius 2 is 2.17 bits per heavy atom. The van der Waals surface area contributed by atoms with Gasteiger partial charge in [-0.2, -0.15) is 0 Å². The lowest BCUT2D eigenvalue weighted by molar-refractivity contribution is -0.136. The van der Waals surface area contributed by atoms with Crippen LogP contribution in [-0.2, 0) is 11.2 Å². The lowest BCUT2D eigenvalue weighted by Gasteiger charge is -2.12. The van der Waals surface area contributed by atoms with E-state index in [-0.39, 0.29) is 29.2 Å². The van der Waals surface area contributed by atoms with Crippen molar-refractivity contribution >= 4 is 17.6 Å². The van der Waals surface area contributed by atoms with Gasteiger partial charge in [-0.1, -0.05) is 11.6 Å². The van der Waals surface area contributed by atoms with Gasteiger partial charge in [0.1, 0.15) is 10.8 Å². The van der Waals surface area contributed by atoms with Crippen molar-refractivity contribution in [1.29, 1.82) is 0 Å². The molecule has 2 rings (SSSR count). The summed E-state index contributed by atoms with van der Waals surface area (Å²) >= 11 is 5.88. The number of halogens is 2. The summed E-state index contributed by atoms with van der Waals surface area (Å²) < 4.78 is 24.6. The van der Waals surface area contributed by atoms with Crippen molar-refractivity contribution in [2.75, 3.05) is 13.2 Å². The number of carboxylic acids is 1. The maximum atomic E-state index is 13.9. The fraction of sp³-hybridized carbons (Fsp3) is 0.417. The summed E-state index contributed by atoms with van der Waals surface area (Å²) in [7, 11) is 0. The Balaban J connectivity index is 2.34. The van der Waals surface area contributed by atoms with E-state index in [1.807, 2.05) is 0 Å². The zero-order valence-corrected chi connectivity index (χ0v) is 10.3. The van der Waals surface area contributed by atoms with E-state index in [0.29, 0.717) is 25.4 Å². The van der Waals surface area contributed by atoms with E-state index in [9.17, 15) is 9.18 Å². The topological polar surface area (TPSA) is 55.8 Å². The average molecular weight is 275 g/mol. The van der Waals surface area contributed by atoms with E-state index < -0.39 is 11.8 Å². The van der Waals surface area contributed by atoms with Crippen LogP contribution in [0.4, 0.5) is 4.39 Å². The Morgan fingerprint density at radius 3 is 2.89 bits per heavy atom. The van der Waals surface area contributed by atoms with Gasteiger partial charge in [0.2, 0.25) is 0 Å². The zero-order valence-electron chi connectivity index (χ0n) is 9.54. The number of hydrogen-bond acceptors (Lipinski definition) is 3. The smallest absolute Gasteiger partial charge is 0.303 e. The van der Waals surface area contributed by atoms with Crippen LogP contribution in [0.3, 0.4) is 0 Å². The quantitative estimate of drug-likeness (QED) is 0.921. The van der Waals surface area contributed by atoms with Crippen molar-refractivity contribution < 1.29 is 23.8 Å². The summed E-state index contributed by atoms with van der Waals surface area (Å²) in [4.78, 5) is 10.5. The van der Waals surface area contributed by atoms with E-state index in [1.54, 1.807) is 0 Å². The van der Waals surface area contributed by atoms with Crippen molar-refractivity contribution in [3.63, 3.8) is 0 Å². The summed E-state index contributed by atoms with van der Waals surface area (Å²) in [6, 6.07) is 1.46. The summed E-state index contributed by atoms with van der Waals surface area (Å²) in [5, 5.41) is 8.46. The highest BCUT2D eigenvalue weighted by atomic mass is 35.5. The number of aryl methyl sites for hydroxylation is 1. The van der Waals surface area contributed by atoms with Gasteiger partial charge in [-0.05, 0) is 18.1 Å². The number of fused-ring (bicyclic) bond motifs is 1. The lowest BCUT2D eigenvalue weighted by atomic mass is 10.1. The molecule has 6 heteroatoms. The Kier molecular flexibility index (Phi) is 3.91. The molecule has 0 aromatic heterocycles. The SMILES string of the molecule is O=C(O)CCc1cc2c(c(Cl)c1F)OCCCO2. The average Bonchev–Trinajstić information content (AvgIpc) is 2.57. The van der Waals surface area contributed by atoms with E-state index in [1.165, 1.54) is 6.07 Å². The molecular weight excluding hydrogens is 263 g/mol. The second-order valence-corrected chi connectivity index (χ2v) is 4.31. The number of carboxylic acid groups (broad SMARTS) is 1. The van der Waals surface area contributed by atoms with E-state index in [2.05, 4.69) is 0 Å². The van der Waals surface area contributed by atoms with Gasteiger partial charge in [0.15, 0.2) is 11.5 Å². The van der Waals surface area contributed by atoms with Gasteiger partial charge in [0, 0.05) is 12.8 Å². The van der Waals surface area contributed by atoms with Gasteiger partial charge in [0.25, 0.3) is 0 Å². The number of hydrogen-bond donors (Lipinski definition) is 1. The van der Waals surface area contributed by atoms with Crippen molar-refractivity contribution in [3.8, 4) is 11.5 Å². The molecule has 0 saturated carbocycles. The molecule has 0 radical (unpaired) electrons. The third-order valence-corrected chi connectivity index (χ3v) is 2.94. The maximum Gasteiger partial charge on any atom is 0.303 e. The number of benzene rings is 1. The normalized spacial score (nSPS) is 14.1. The second kappa shape index (κ2) is 5.44. The number of rotatable bonds is 3. The van der Waals surface area contributed by atoms with E-state index in [4.69, 9.17) is 26.2 Å². The fourth-order valence-electron chi connectivity index (χ4n) is 1.72. The van der Waals surface area contributed by atoms with Gasteiger partial charge < -0.3 is 14.6 Å². The van der Waals surface area contributed by atoms with Gasteiger partial charge >= 0.3 is 5.97 Å². The molecule has 18 heavy (non-hydrogen) atoms. The number of aliphatic carboxylic acids is 1. The van der Waals surface area contributed by atoms with Gasteiger partial charge in [-0.3, -0.25) is 4.79 Å². The minimum atomic E-state index is -0.988. The van der Waals surface area contributed by atoms with Gasteiger partial charge in [0.05, 0.1) is 13.2 Å². The molecule has 98 valence electrons. The first kappa shape index (κ1) is 13.0. The predicted molar refractivity (Wildman–Crippen MR) is 63.0 cm³/mol.